The lowest BCUT2D eigenvalue weighted by atomic mass is 10.1. The van der Waals surface area contributed by atoms with Gasteiger partial charge >= 0.3 is 0 Å². The third kappa shape index (κ3) is 4.73. The third-order valence-electron chi connectivity index (χ3n) is 4.05. The highest BCUT2D eigenvalue weighted by molar-refractivity contribution is 7.91. The Balaban J connectivity index is 2.22. The number of carbonyl (C=O) groups is 1. The van der Waals surface area contributed by atoms with Crippen LogP contribution in [0.15, 0.2) is 24.3 Å². The molecule has 7 nitrogen and oxygen atoms in total. The van der Waals surface area contributed by atoms with E-state index in [-0.39, 0.29) is 23.5 Å². The van der Waals surface area contributed by atoms with Gasteiger partial charge in [-0.3, -0.25) is 9.80 Å². The van der Waals surface area contributed by atoms with Crippen LogP contribution in [0, 0.1) is 0 Å². The maximum Gasteiger partial charge on any atom is 0.261 e. The molecule has 0 bridgehead atoms. The predicted octanol–water partition coefficient (Wildman–Crippen LogP) is 1.21. The zero-order valence-corrected chi connectivity index (χ0v) is 15.7. The lowest BCUT2D eigenvalue weighted by Crippen LogP contribution is -2.48. The first-order chi connectivity index (χ1) is 11.8. The molecule has 1 aromatic carbocycles. The van der Waals surface area contributed by atoms with Crippen molar-refractivity contribution in [2.45, 2.75) is 12.5 Å². The van der Waals surface area contributed by atoms with E-state index in [1.165, 1.54) is 11.1 Å². The van der Waals surface area contributed by atoms with Gasteiger partial charge in [-0.1, -0.05) is 0 Å². The first-order valence-corrected chi connectivity index (χ1v) is 9.70. The van der Waals surface area contributed by atoms with Crippen molar-refractivity contribution < 1.29 is 22.7 Å². The molecule has 0 N–H and O–H groups in total. The van der Waals surface area contributed by atoms with E-state index in [9.17, 15) is 13.2 Å². The Morgan fingerprint density at radius 3 is 2.48 bits per heavy atom. The largest absolute Gasteiger partial charge is 0.497 e. The minimum atomic E-state index is -3.08. The highest BCUT2D eigenvalue weighted by atomic mass is 32.2. The third-order valence-corrected chi connectivity index (χ3v) is 5.80. The maximum absolute atomic E-state index is 12.6. The van der Waals surface area contributed by atoms with Gasteiger partial charge in [0.05, 0.1) is 31.8 Å². The number of ether oxygens (including phenoxy) is 2. The van der Waals surface area contributed by atoms with Crippen LogP contribution in [0.25, 0.3) is 6.08 Å². The fourth-order valence-electron chi connectivity index (χ4n) is 2.88. The van der Waals surface area contributed by atoms with Gasteiger partial charge in [-0.2, -0.15) is 0 Å². The smallest absolute Gasteiger partial charge is 0.261 e. The summed E-state index contributed by atoms with van der Waals surface area (Å²) in [5.41, 5.74) is 0.702. The van der Waals surface area contributed by atoms with Gasteiger partial charge in [0.1, 0.15) is 11.5 Å². The van der Waals surface area contributed by atoms with Crippen LogP contribution in [0.4, 0.5) is 0 Å². The van der Waals surface area contributed by atoms with E-state index in [4.69, 9.17) is 9.47 Å². The van der Waals surface area contributed by atoms with Crippen LogP contribution in [0.3, 0.4) is 0 Å². The van der Waals surface area contributed by atoms with Crippen molar-refractivity contribution in [3.05, 3.63) is 29.8 Å². The molecule has 1 heterocycles. The summed E-state index contributed by atoms with van der Waals surface area (Å²) in [6.45, 7) is 0. The van der Waals surface area contributed by atoms with Gasteiger partial charge in [-0.15, -0.1) is 0 Å². The van der Waals surface area contributed by atoms with Crippen molar-refractivity contribution in [1.29, 1.82) is 0 Å². The number of rotatable bonds is 6. The van der Waals surface area contributed by atoms with Crippen LogP contribution < -0.4 is 9.47 Å². The van der Waals surface area contributed by atoms with E-state index in [0.717, 1.165) is 0 Å². The average molecular weight is 368 g/mol. The summed E-state index contributed by atoms with van der Waals surface area (Å²) in [4.78, 5) is 12.6. The van der Waals surface area contributed by atoms with Gasteiger partial charge in [-0.05, 0) is 30.7 Å². The Labute approximate surface area is 148 Å². The average Bonchev–Trinajstić information content (AvgIpc) is 2.91. The molecule has 1 atom stereocenters. The van der Waals surface area contributed by atoms with Gasteiger partial charge in [0.15, 0.2) is 9.84 Å². The molecule has 8 heteroatoms. The van der Waals surface area contributed by atoms with Gasteiger partial charge in [0, 0.05) is 25.7 Å². The molecule has 1 aliphatic heterocycles. The lowest BCUT2D eigenvalue weighted by Gasteiger charge is -2.32. The zero-order valence-electron chi connectivity index (χ0n) is 14.9. The van der Waals surface area contributed by atoms with Crippen molar-refractivity contribution in [2.75, 3.05) is 39.8 Å². The highest BCUT2D eigenvalue weighted by Crippen LogP contribution is 2.25. The lowest BCUT2D eigenvalue weighted by molar-refractivity contribution is -0.143. The fourth-order valence-corrected chi connectivity index (χ4v) is 4.57. The first-order valence-electron chi connectivity index (χ1n) is 7.88. The van der Waals surface area contributed by atoms with Gasteiger partial charge in [0.25, 0.3) is 5.91 Å². The second-order valence-corrected chi connectivity index (χ2v) is 8.26. The molecular formula is C17H24N2O5S. The van der Waals surface area contributed by atoms with E-state index in [1.807, 2.05) is 0 Å². The molecule has 1 aromatic rings. The van der Waals surface area contributed by atoms with Crippen LogP contribution >= 0.6 is 0 Å². The Hall–Kier alpha value is -2.06. The molecule has 0 spiro atoms. The number of carbonyl (C=O) groups excluding carboxylic acids is 1. The van der Waals surface area contributed by atoms with Gasteiger partial charge in [-0.25, -0.2) is 13.4 Å². The molecule has 0 aromatic heterocycles. The summed E-state index contributed by atoms with van der Waals surface area (Å²) in [5.74, 6) is 1.09. The van der Waals surface area contributed by atoms with Crippen molar-refractivity contribution in [3.8, 4) is 11.5 Å². The number of benzene rings is 1. The second kappa shape index (κ2) is 7.88. The van der Waals surface area contributed by atoms with Crippen LogP contribution in [0.1, 0.15) is 12.0 Å². The highest BCUT2D eigenvalue weighted by Gasteiger charge is 2.35. The quantitative estimate of drug-likeness (QED) is 0.555. The van der Waals surface area contributed by atoms with Gasteiger partial charge in [0.2, 0.25) is 0 Å². The normalized spacial score (nSPS) is 19.3. The molecule has 1 aliphatic rings. The summed E-state index contributed by atoms with van der Waals surface area (Å²) in [5, 5.41) is 3.11. The van der Waals surface area contributed by atoms with Crippen molar-refractivity contribution in [3.63, 3.8) is 0 Å². The van der Waals surface area contributed by atoms with E-state index in [0.29, 0.717) is 23.5 Å². The Kier molecular flexibility index (Phi) is 6.07. The van der Waals surface area contributed by atoms with Crippen molar-refractivity contribution in [1.82, 2.24) is 10.0 Å². The molecule has 25 heavy (non-hydrogen) atoms. The number of hydrazine groups is 1. The molecule has 0 saturated carbocycles. The molecule has 1 amide bonds. The Morgan fingerprint density at radius 1 is 1.24 bits per heavy atom. The standard InChI is InChI=1S/C17H24N2O5S/c1-18(2)19(14-9-10-25(21,22)12-14)17(20)8-5-13-11-15(23-3)6-7-16(13)24-4/h5-8,11,14H,9-10,12H2,1-4H3. The molecule has 0 radical (unpaired) electrons. The molecule has 138 valence electrons. The molecule has 1 unspecified atom stereocenters. The molecule has 1 fully saturated rings. The van der Waals surface area contributed by atoms with Crippen LogP contribution in [0.2, 0.25) is 0 Å². The summed E-state index contributed by atoms with van der Waals surface area (Å²) in [6, 6.07) is 4.95. The van der Waals surface area contributed by atoms with E-state index >= 15 is 0 Å². The molecule has 0 aliphatic carbocycles. The first kappa shape index (κ1) is 19.3. The summed E-state index contributed by atoms with van der Waals surface area (Å²) in [7, 11) is 3.49. The molecule has 2 rings (SSSR count). The Bertz CT molecular complexity index is 758. The topological polar surface area (TPSA) is 76.1 Å². The van der Waals surface area contributed by atoms with Crippen molar-refractivity contribution >= 4 is 21.8 Å². The summed E-state index contributed by atoms with van der Waals surface area (Å²) >= 11 is 0. The number of sulfone groups is 1. The number of nitrogens with zero attached hydrogens (tertiary/aromatic N) is 2. The summed E-state index contributed by atoms with van der Waals surface area (Å²) < 4.78 is 33.9. The monoisotopic (exact) mass is 368 g/mol. The van der Waals surface area contributed by atoms with E-state index in [1.54, 1.807) is 57.6 Å². The van der Waals surface area contributed by atoms with E-state index < -0.39 is 9.84 Å². The number of methoxy groups -OCH3 is 2. The Morgan fingerprint density at radius 2 is 1.96 bits per heavy atom. The van der Waals surface area contributed by atoms with Crippen LogP contribution in [-0.2, 0) is 14.6 Å². The summed E-state index contributed by atoms with van der Waals surface area (Å²) in [6.07, 6.45) is 3.51. The minimum absolute atomic E-state index is 0.00671. The number of hydrogen-bond acceptors (Lipinski definition) is 6. The fraction of sp³-hybridized carbons (Fsp3) is 0.471. The van der Waals surface area contributed by atoms with Gasteiger partial charge < -0.3 is 9.47 Å². The van der Waals surface area contributed by atoms with Crippen molar-refractivity contribution in [2.24, 2.45) is 0 Å². The zero-order chi connectivity index (χ0) is 18.6. The van der Waals surface area contributed by atoms with E-state index in [2.05, 4.69) is 0 Å². The SMILES string of the molecule is COc1ccc(OC)c(C=CC(=O)N(C2CCS(=O)(=O)C2)N(C)C)c1. The van der Waals surface area contributed by atoms with Crippen LogP contribution in [-0.4, -0.2) is 70.2 Å². The second-order valence-electron chi connectivity index (χ2n) is 6.03. The number of hydrogen-bond donors (Lipinski definition) is 0. The van der Waals surface area contributed by atoms with Crippen LogP contribution in [0.5, 0.6) is 11.5 Å². The molecular weight excluding hydrogens is 344 g/mol. The number of amides is 1. The minimum Gasteiger partial charge on any atom is -0.497 e. The predicted molar refractivity (Wildman–Crippen MR) is 96.2 cm³/mol. The molecule has 1 saturated heterocycles. The maximum atomic E-state index is 12.6.